The summed E-state index contributed by atoms with van der Waals surface area (Å²) >= 11 is 0. The van der Waals surface area contributed by atoms with Crippen molar-refractivity contribution in [2.45, 2.75) is 0 Å². The van der Waals surface area contributed by atoms with E-state index in [1.54, 1.807) is 0 Å². The molecule has 1 heterocycles. The third kappa shape index (κ3) is 11.3. The van der Waals surface area contributed by atoms with Crippen molar-refractivity contribution >= 4 is 114 Å². The minimum Gasteiger partial charge on any atom is -0.440 e. The monoisotopic (exact) mass is 1120 g/mol. The zero-order valence-electron chi connectivity index (χ0n) is 47.7. The Balaban J connectivity index is 1.01. The molecule has 14 rings (SSSR count). The van der Waals surface area contributed by atoms with Crippen LogP contribution < -0.4 is 29.4 Å². The molecular weight excluding hydrogens is 1060 g/mol. The fourth-order valence-corrected chi connectivity index (χ4v) is 11.6. The van der Waals surface area contributed by atoms with E-state index in [4.69, 9.17) is 4.42 Å². The summed E-state index contributed by atoms with van der Waals surface area (Å²) in [5.41, 5.74) is 17.5. The predicted molar refractivity (Wildman–Crippen MR) is 364 cm³/mol. The Hall–Kier alpha value is -11.8. The number of nitrogens with zero attached hydrogens (tertiary/aromatic N) is 6. The van der Waals surface area contributed by atoms with Crippen molar-refractivity contribution in [1.29, 1.82) is 0 Å². The number of fused-ring (bicyclic) bond motifs is 1. The fourth-order valence-electron chi connectivity index (χ4n) is 11.6. The molecule has 0 saturated carbocycles. The Kier molecular flexibility index (Phi) is 15.0. The van der Waals surface area contributed by atoms with E-state index in [-0.39, 0.29) is 0 Å². The normalized spacial score (nSPS) is 11.0. The third-order valence-electron chi connectivity index (χ3n) is 15.4. The molecule has 0 atom stereocenters. The van der Waals surface area contributed by atoms with Crippen LogP contribution in [0.5, 0.6) is 0 Å². The van der Waals surface area contributed by atoms with Crippen LogP contribution in [0.1, 0.15) is 0 Å². The lowest BCUT2D eigenvalue weighted by Crippen LogP contribution is -2.17. The molecule has 0 spiro atoms. The van der Waals surface area contributed by atoms with Crippen LogP contribution in [0.4, 0.5) is 103 Å². The van der Waals surface area contributed by atoms with E-state index < -0.39 is 0 Å². The van der Waals surface area contributed by atoms with E-state index in [9.17, 15) is 0 Å². The molecule has 0 aliphatic rings. The van der Waals surface area contributed by atoms with Crippen LogP contribution in [0.2, 0.25) is 0 Å². The van der Waals surface area contributed by atoms with Crippen molar-refractivity contribution in [2.24, 2.45) is 0 Å². The highest BCUT2D eigenvalue weighted by Crippen LogP contribution is 2.50. The van der Waals surface area contributed by atoms with E-state index >= 15 is 0 Å². The van der Waals surface area contributed by atoms with Gasteiger partial charge in [-0.3, -0.25) is 4.90 Å². The highest BCUT2D eigenvalue weighted by atomic mass is 16.4. The number of para-hydroxylation sites is 10. The van der Waals surface area contributed by atoms with Crippen molar-refractivity contribution in [3.05, 3.63) is 364 Å². The first-order valence-electron chi connectivity index (χ1n) is 29.3. The zero-order valence-corrected chi connectivity index (χ0v) is 47.7. The van der Waals surface area contributed by atoms with Gasteiger partial charge < -0.3 is 28.9 Å². The van der Waals surface area contributed by atoms with Crippen molar-refractivity contribution in [2.75, 3.05) is 29.4 Å². The Morgan fingerprint density at radius 2 is 0.345 bits per heavy atom. The van der Waals surface area contributed by atoms with Gasteiger partial charge in [-0.2, -0.15) is 0 Å². The molecule has 0 saturated heterocycles. The van der Waals surface area contributed by atoms with Crippen LogP contribution in [0, 0.1) is 0 Å². The molecule has 7 heteroatoms. The van der Waals surface area contributed by atoms with Gasteiger partial charge in [-0.05, 0) is 170 Å². The molecule has 14 aromatic rings. The van der Waals surface area contributed by atoms with Crippen LogP contribution in [0.25, 0.3) is 11.0 Å². The summed E-state index contributed by atoms with van der Waals surface area (Å²) in [5.74, 6) is 0.695. The largest absolute Gasteiger partial charge is 0.440 e. The van der Waals surface area contributed by atoms with Gasteiger partial charge in [0.25, 0.3) is 0 Å². The smallest absolute Gasteiger partial charge is 0.205 e. The van der Waals surface area contributed by atoms with Crippen molar-refractivity contribution in [3.63, 3.8) is 0 Å². The molecule has 0 fully saturated rings. The summed E-state index contributed by atoms with van der Waals surface area (Å²) in [6.45, 7) is 0. The third-order valence-corrected chi connectivity index (χ3v) is 15.4. The molecule has 0 N–H and O–H groups in total. The fraction of sp³-hybridized carbons (Fsp3) is 0. The standard InChI is InChI=1S/C80H60N6O/c1-10-32-62(33-11-1)81(63-34-12-2-13-35-63)73-55-74(82(64-36-14-3-15-37-64)65-38-16-4-17-39-65)57-76(56-73)84(68-44-22-7-23-45-68)71-50-30-51-72(54-71)85(69-46-24-8-25-47-69)77-58-75(83(66-40-18-5-19-41-66)67-42-20-6-21-43-67)59-78(60-77)86(70-48-26-9-27-49-70)80-53-61-31-28-29-52-79(61)87-80/h1-60H. The molecule has 416 valence electrons. The lowest BCUT2D eigenvalue weighted by molar-refractivity contribution is 0.621. The molecule has 87 heavy (non-hydrogen) atoms. The molecule has 0 aliphatic carbocycles. The molecule has 7 nitrogen and oxygen atoms in total. The maximum absolute atomic E-state index is 6.84. The quantitative estimate of drug-likeness (QED) is 0.0846. The number of benzene rings is 13. The van der Waals surface area contributed by atoms with Gasteiger partial charge in [-0.1, -0.05) is 188 Å². The van der Waals surface area contributed by atoms with E-state index in [1.165, 1.54) is 0 Å². The Morgan fingerprint density at radius 1 is 0.149 bits per heavy atom. The van der Waals surface area contributed by atoms with Crippen molar-refractivity contribution in [3.8, 4) is 0 Å². The molecule has 13 aromatic carbocycles. The minimum atomic E-state index is 0.695. The number of anilines is 18. The summed E-state index contributed by atoms with van der Waals surface area (Å²) in [4.78, 5) is 14.0. The minimum absolute atomic E-state index is 0.695. The first kappa shape index (κ1) is 53.2. The number of hydrogen-bond donors (Lipinski definition) is 0. The Labute approximate surface area is 508 Å². The van der Waals surface area contributed by atoms with Crippen LogP contribution in [0.3, 0.4) is 0 Å². The number of rotatable bonds is 18. The summed E-state index contributed by atoms with van der Waals surface area (Å²) in [6.07, 6.45) is 0. The summed E-state index contributed by atoms with van der Waals surface area (Å²) in [5, 5.41) is 1.02. The second kappa shape index (κ2) is 24.6. The SMILES string of the molecule is c1ccc(N(c2ccccc2)c2cc(N(c3ccccc3)c3ccccc3)cc(N(c3ccccc3)c3cccc(N(c4ccccc4)c4cc(N(c5ccccc5)c5ccccc5)cc(N(c5ccccc5)c5cc6ccccc6o5)c4)c3)c2)cc1. The van der Waals surface area contributed by atoms with Crippen LogP contribution >= 0.6 is 0 Å². The lowest BCUT2D eigenvalue weighted by Gasteiger charge is -2.34. The Bertz CT molecular complexity index is 4270. The van der Waals surface area contributed by atoms with E-state index in [0.29, 0.717) is 5.88 Å². The summed E-state index contributed by atoms with van der Waals surface area (Å²) in [7, 11) is 0. The first-order chi connectivity index (χ1) is 43.2. The molecule has 0 radical (unpaired) electrons. The maximum atomic E-state index is 6.84. The molecule has 0 unspecified atom stereocenters. The Morgan fingerprint density at radius 3 is 0.609 bits per heavy atom. The summed E-state index contributed by atoms with van der Waals surface area (Å²) < 4.78 is 6.84. The molecular formula is C80H60N6O. The highest BCUT2D eigenvalue weighted by molar-refractivity contribution is 5.94. The van der Waals surface area contributed by atoms with Gasteiger partial charge in [0, 0.05) is 74.0 Å². The predicted octanol–water partition coefficient (Wildman–Crippen LogP) is 23.3. The van der Waals surface area contributed by atoms with Gasteiger partial charge in [0.2, 0.25) is 5.88 Å². The molecule has 0 bridgehead atoms. The summed E-state index contributed by atoms with van der Waals surface area (Å²) in [6, 6.07) is 129. The topological polar surface area (TPSA) is 32.6 Å². The van der Waals surface area contributed by atoms with Crippen LogP contribution in [-0.2, 0) is 0 Å². The second-order valence-corrected chi connectivity index (χ2v) is 21.1. The lowest BCUT2D eigenvalue weighted by atomic mass is 10.1. The van der Waals surface area contributed by atoms with Gasteiger partial charge in [-0.25, -0.2) is 0 Å². The van der Waals surface area contributed by atoms with E-state index in [1.807, 2.05) is 12.1 Å². The van der Waals surface area contributed by atoms with Crippen molar-refractivity contribution < 1.29 is 4.42 Å². The van der Waals surface area contributed by atoms with Crippen LogP contribution in [0.15, 0.2) is 368 Å². The van der Waals surface area contributed by atoms with Gasteiger partial charge in [-0.15, -0.1) is 0 Å². The average Bonchev–Trinajstić information content (AvgIpc) is 2.39. The first-order valence-corrected chi connectivity index (χ1v) is 29.3. The van der Waals surface area contributed by atoms with Gasteiger partial charge in [0.05, 0.1) is 34.1 Å². The molecule has 1 aromatic heterocycles. The van der Waals surface area contributed by atoms with Crippen LogP contribution in [-0.4, -0.2) is 0 Å². The van der Waals surface area contributed by atoms with E-state index in [0.717, 1.165) is 108 Å². The number of hydrogen-bond acceptors (Lipinski definition) is 7. The zero-order chi connectivity index (χ0) is 58.1. The number of furan rings is 1. The average molecular weight is 1120 g/mol. The molecule has 0 amide bonds. The second-order valence-electron chi connectivity index (χ2n) is 21.1. The maximum Gasteiger partial charge on any atom is 0.205 e. The van der Waals surface area contributed by atoms with E-state index in [2.05, 4.69) is 381 Å². The molecule has 0 aliphatic heterocycles. The van der Waals surface area contributed by atoms with Crippen molar-refractivity contribution in [1.82, 2.24) is 0 Å². The highest BCUT2D eigenvalue weighted by Gasteiger charge is 2.27. The van der Waals surface area contributed by atoms with Gasteiger partial charge in [0.15, 0.2) is 0 Å². The van der Waals surface area contributed by atoms with Gasteiger partial charge in [0.1, 0.15) is 5.58 Å². The van der Waals surface area contributed by atoms with Gasteiger partial charge >= 0.3 is 0 Å².